The van der Waals surface area contributed by atoms with Crippen LogP contribution in [0, 0.1) is 0 Å². The fourth-order valence-corrected chi connectivity index (χ4v) is 3.56. The summed E-state index contributed by atoms with van der Waals surface area (Å²) in [6.45, 7) is 4.84. The Morgan fingerprint density at radius 2 is 1.21 bits per heavy atom. The second-order valence-electron chi connectivity index (χ2n) is 7.63. The molecule has 0 saturated heterocycles. The Labute approximate surface area is 194 Å². The number of aromatic carboxylic acids is 1. The number of benzene rings is 4. The van der Waals surface area contributed by atoms with Gasteiger partial charge in [0, 0.05) is 17.1 Å². The molecule has 0 aliphatic rings. The average Bonchev–Trinajstić information content (AvgIpc) is 2.86. The van der Waals surface area contributed by atoms with Crippen molar-refractivity contribution < 1.29 is 14.6 Å². The molecule has 0 bridgehead atoms. The van der Waals surface area contributed by atoms with Crippen molar-refractivity contribution in [3.8, 4) is 0 Å². The third-order valence-electron chi connectivity index (χ3n) is 5.33. The van der Waals surface area contributed by atoms with E-state index in [1.807, 2.05) is 72.8 Å². The first-order chi connectivity index (χ1) is 16.1. The van der Waals surface area contributed by atoms with Gasteiger partial charge in [-0.05, 0) is 65.2 Å². The minimum atomic E-state index is -0.936. The van der Waals surface area contributed by atoms with Gasteiger partial charge >= 0.3 is 5.97 Å². The molecule has 164 valence electrons. The molecule has 0 aromatic heterocycles. The zero-order valence-corrected chi connectivity index (χ0v) is 18.2. The van der Waals surface area contributed by atoms with Crippen LogP contribution in [0.5, 0.6) is 0 Å². The topological polar surface area (TPSA) is 49.8 Å². The van der Waals surface area contributed by atoms with Crippen LogP contribution >= 0.6 is 0 Å². The van der Waals surface area contributed by atoms with E-state index in [0.29, 0.717) is 13.2 Å². The van der Waals surface area contributed by atoms with E-state index in [1.165, 1.54) is 0 Å². The molecule has 4 heteroatoms. The predicted molar refractivity (Wildman–Crippen MR) is 133 cm³/mol. The van der Waals surface area contributed by atoms with E-state index in [1.54, 1.807) is 12.1 Å². The second-order valence-corrected chi connectivity index (χ2v) is 7.63. The summed E-state index contributed by atoms with van der Waals surface area (Å²) >= 11 is 0. The van der Waals surface area contributed by atoms with Gasteiger partial charge < -0.3 is 14.7 Å². The smallest absolute Gasteiger partial charge is 0.335 e. The standard InChI is InChI=1S/C29H25NO3/c1-2-22-8-10-23(11-9-22)20-33-21-24-12-16-27(17-13-24)30(26-6-4-3-5-7-26)28-18-14-25(15-19-28)29(31)32/h2-19H,1,20-21H2,(H,31,32). The van der Waals surface area contributed by atoms with E-state index in [-0.39, 0.29) is 5.56 Å². The van der Waals surface area contributed by atoms with Crippen molar-refractivity contribution in [1.82, 2.24) is 0 Å². The van der Waals surface area contributed by atoms with Crippen molar-refractivity contribution in [3.05, 3.63) is 132 Å². The minimum Gasteiger partial charge on any atom is -0.478 e. The predicted octanol–water partition coefficient (Wildman–Crippen LogP) is 7.21. The molecule has 0 aliphatic carbocycles. The first-order valence-electron chi connectivity index (χ1n) is 10.7. The number of nitrogens with zero attached hydrogens (tertiary/aromatic N) is 1. The van der Waals surface area contributed by atoms with Crippen LogP contribution in [0.25, 0.3) is 6.08 Å². The highest BCUT2D eigenvalue weighted by molar-refractivity contribution is 5.88. The van der Waals surface area contributed by atoms with Gasteiger partial charge in [-0.25, -0.2) is 4.79 Å². The SMILES string of the molecule is C=Cc1ccc(COCc2ccc(N(c3ccccc3)c3ccc(C(=O)O)cc3)cc2)cc1. The van der Waals surface area contributed by atoms with Crippen molar-refractivity contribution in [2.45, 2.75) is 13.2 Å². The monoisotopic (exact) mass is 435 g/mol. The number of rotatable bonds is 9. The quantitative estimate of drug-likeness (QED) is 0.302. The molecule has 0 amide bonds. The number of hydrogen-bond donors (Lipinski definition) is 1. The lowest BCUT2D eigenvalue weighted by Gasteiger charge is -2.25. The summed E-state index contributed by atoms with van der Waals surface area (Å²) in [5.74, 6) is -0.936. The molecule has 0 unspecified atom stereocenters. The van der Waals surface area contributed by atoms with Crippen LogP contribution in [-0.4, -0.2) is 11.1 Å². The Morgan fingerprint density at radius 1 is 0.727 bits per heavy atom. The van der Waals surface area contributed by atoms with Crippen LogP contribution in [0.3, 0.4) is 0 Å². The lowest BCUT2D eigenvalue weighted by Crippen LogP contribution is -2.10. The average molecular weight is 436 g/mol. The van der Waals surface area contributed by atoms with E-state index in [0.717, 1.165) is 33.8 Å². The molecule has 0 atom stereocenters. The van der Waals surface area contributed by atoms with Crippen LogP contribution in [0.15, 0.2) is 110 Å². The zero-order chi connectivity index (χ0) is 23.0. The van der Waals surface area contributed by atoms with Crippen LogP contribution in [0.1, 0.15) is 27.0 Å². The Bertz CT molecular complexity index is 1200. The third-order valence-corrected chi connectivity index (χ3v) is 5.33. The van der Waals surface area contributed by atoms with Crippen molar-refractivity contribution >= 4 is 29.1 Å². The molecule has 33 heavy (non-hydrogen) atoms. The number of para-hydroxylation sites is 1. The molecular weight excluding hydrogens is 410 g/mol. The zero-order valence-electron chi connectivity index (χ0n) is 18.2. The number of carbonyl (C=O) groups is 1. The van der Waals surface area contributed by atoms with Crippen LogP contribution in [0.4, 0.5) is 17.1 Å². The molecule has 4 aromatic rings. The van der Waals surface area contributed by atoms with Gasteiger partial charge in [0.25, 0.3) is 0 Å². The van der Waals surface area contributed by atoms with Crippen LogP contribution in [-0.2, 0) is 18.0 Å². The van der Waals surface area contributed by atoms with E-state index < -0.39 is 5.97 Å². The molecule has 0 heterocycles. The maximum absolute atomic E-state index is 11.2. The van der Waals surface area contributed by atoms with E-state index >= 15 is 0 Å². The summed E-state index contributed by atoms with van der Waals surface area (Å²) in [6, 6.07) is 33.3. The molecular formula is C29H25NO3. The summed E-state index contributed by atoms with van der Waals surface area (Å²) in [6.07, 6.45) is 1.82. The van der Waals surface area contributed by atoms with Crippen molar-refractivity contribution in [3.63, 3.8) is 0 Å². The molecule has 0 radical (unpaired) electrons. The first kappa shape index (κ1) is 22.1. The highest BCUT2D eigenvalue weighted by Gasteiger charge is 2.13. The summed E-state index contributed by atoms with van der Waals surface area (Å²) in [4.78, 5) is 13.3. The molecule has 0 fully saturated rings. The van der Waals surface area contributed by atoms with Gasteiger partial charge in [0.2, 0.25) is 0 Å². The molecule has 0 aliphatic heterocycles. The molecule has 0 spiro atoms. The van der Waals surface area contributed by atoms with Gasteiger partial charge in [-0.2, -0.15) is 0 Å². The number of anilines is 3. The summed E-state index contributed by atoms with van der Waals surface area (Å²) in [5, 5.41) is 9.22. The van der Waals surface area contributed by atoms with E-state index in [9.17, 15) is 9.90 Å². The summed E-state index contributed by atoms with van der Waals surface area (Å²) in [5.41, 5.74) is 6.42. The van der Waals surface area contributed by atoms with Crippen LogP contribution in [0.2, 0.25) is 0 Å². The lowest BCUT2D eigenvalue weighted by atomic mass is 10.1. The number of carboxylic acid groups (broad SMARTS) is 1. The molecule has 1 N–H and O–H groups in total. The van der Waals surface area contributed by atoms with E-state index in [2.05, 4.69) is 35.7 Å². The number of ether oxygens (including phenoxy) is 1. The second kappa shape index (κ2) is 10.4. The number of carboxylic acids is 1. The fourth-order valence-electron chi connectivity index (χ4n) is 3.56. The number of hydrogen-bond acceptors (Lipinski definition) is 3. The van der Waals surface area contributed by atoms with Gasteiger partial charge in [-0.1, -0.05) is 67.3 Å². The molecule has 4 rings (SSSR count). The minimum absolute atomic E-state index is 0.262. The fraction of sp³-hybridized carbons (Fsp3) is 0.0690. The summed E-state index contributed by atoms with van der Waals surface area (Å²) in [7, 11) is 0. The van der Waals surface area contributed by atoms with Gasteiger partial charge in [0.15, 0.2) is 0 Å². The van der Waals surface area contributed by atoms with Crippen molar-refractivity contribution in [2.75, 3.05) is 4.90 Å². The van der Waals surface area contributed by atoms with E-state index in [4.69, 9.17) is 4.74 Å². The van der Waals surface area contributed by atoms with Gasteiger partial charge in [-0.3, -0.25) is 0 Å². The van der Waals surface area contributed by atoms with Crippen molar-refractivity contribution in [2.24, 2.45) is 0 Å². The lowest BCUT2D eigenvalue weighted by molar-refractivity contribution is 0.0697. The summed E-state index contributed by atoms with van der Waals surface area (Å²) < 4.78 is 5.89. The largest absolute Gasteiger partial charge is 0.478 e. The Kier molecular flexibility index (Phi) is 6.98. The highest BCUT2D eigenvalue weighted by atomic mass is 16.5. The van der Waals surface area contributed by atoms with Crippen LogP contribution < -0.4 is 4.90 Å². The maximum Gasteiger partial charge on any atom is 0.335 e. The molecule has 0 saturated carbocycles. The maximum atomic E-state index is 11.2. The normalized spacial score (nSPS) is 10.5. The molecule has 4 aromatic carbocycles. The van der Waals surface area contributed by atoms with Crippen molar-refractivity contribution in [1.29, 1.82) is 0 Å². The first-order valence-corrected chi connectivity index (χ1v) is 10.7. The Balaban J connectivity index is 1.49. The third kappa shape index (κ3) is 5.56. The van der Waals surface area contributed by atoms with Gasteiger partial charge in [0.1, 0.15) is 0 Å². The molecule has 4 nitrogen and oxygen atoms in total. The van der Waals surface area contributed by atoms with Gasteiger partial charge in [0.05, 0.1) is 18.8 Å². The highest BCUT2D eigenvalue weighted by Crippen LogP contribution is 2.34. The Morgan fingerprint density at radius 3 is 1.73 bits per heavy atom. The Hall–Kier alpha value is -4.15. The van der Waals surface area contributed by atoms with Gasteiger partial charge in [-0.15, -0.1) is 0 Å².